The third-order valence-corrected chi connectivity index (χ3v) is 2.84. The number of carbonyl (C=O) groups is 1. The van der Waals surface area contributed by atoms with E-state index in [-0.39, 0.29) is 23.5 Å². The Hall–Kier alpha value is -1.89. The van der Waals surface area contributed by atoms with E-state index in [2.05, 4.69) is 4.98 Å². The average Bonchev–Trinajstić information content (AvgIpc) is 2.77. The molecule has 2 heterocycles. The summed E-state index contributed by atoms with van der Waals surface area (Å²) < 4.78 is 0. The van der Waals surface area contributed by atoms with E-state index in [4.69, 9.17) is 5.73 Å². The minimum absolute atomic E-state index is 0.00218. The lowest BCUT2D eigenvalue weighted by molar-refractivity contribution is -0.389. The summed E-state index contributed by atoms with van der Waals surface area (Å²) in [6.07, 6.45) is 1.78. The molecule has 17 heavy (non-hydrogen) atoms. The molecule has 2 rings (SSSR count). The van der Waals surface area contributed by atoms with Crippen molar-refractivity contribution >= 4 is 11.7 Å². The number of hydrogen-bond acceptors (Lipinski definition) is 4. The van der Waals surface area contributed by atoms with Crippen molar-refractivity contribution in [1.29, 1.82) is 0 Å². The number of nitrogens with two attached hydrogens (primary N) is 1. The van der Waals surface area contributed by atoms with Gasteiger partial charge >= 0.3 is 5.82 Å². The summed E-state index contributed by atoms with van der Waals surface area (Å²) >= 11 is 0. The first-order valence-corrected chi connectivity index (χ1v) is 5.46. The van der Waals surface area contributed by atoms with Crippen LogP contribution in [0.2, 0.25) is 0 Å². The second kappa shape index (κ2) is 4.54. The van der Waals surface area contributed by atoms with Gasteiger partial charge in [0.2, 0.25) is 0 Å². The Balaban J connectivity index is 2.10. The number of nitro groups is 1. The fraction of sp³-hybridized carbons (Fsp3) is 0.500. The van der Waals surface area contributed by atoms with Gasteiger partial charge in [0.05, 0.1) is 0 Å². The number of piperidine rings is 1. The van der Waals surface area contributed by atoms with E-state index in [0.717, 1.165) is 12.8 Å². The molecule has 1 atom stereocenters. The molecule has 1 amide bonds. The van der Waals surface area contributed by atoms with Crippen LogP contribution >= 0.6 is 0 Å². The Kier molecular flexibility index (Phi) is 3.10. The molecule has 0 saturated carbocycles. The van der Waals surface area contributed by atoms with Crippen LogP contribution in [0.1, 0.15) is 23.3 Å². The minimum Gasteiger partial charge on any atom is -0.358 e. The molecule has 1 aliphatic heterocycles. The smallest absolute Gasteiger partial charge is 0.321 e. The fourth-order valence-corrected chi connectivity index (χ4v) is 1.98. The lowest BCUT2D eigenvalue weighted by Gasteiger charge is -2.29. The van der Waals surface area contributed by atoms with Gasteiger partial charge in [0.1, 0.15) is 0 Å². The maximum absolute atomic E-state index is 12.0. The average molecular weight is 238 g/mol. The number of carbonyl (C=O) groups excluding carboxylic acids is 1. The van der Waals surface area contributed by atoms with Gasteiger partial charge < -0.3 is 20.7 Å². The minimum atomic E-state index is -0.557. The van der Waals surface area contributed by atoms with Crippen molar-refractivity contribution < 1.29 is 9.72 Å². The Morgan fingerprint density at radius 2 is 2.35 bits per heavy atom. The normalized spacial score (nSPS) is 20.3. The molecule has 0 spiro atoms. The van der Waals surface area contributed by atoms with E-state index in [1.54, 1.807) is 4.90 Å². The molecule has 1 aromatic rings. The molecule has 0 radical (unpaired) electrons. The van der Waals surface area contributed by atoms with Crippen LogP contribution in [0.3, 0.4) is 0 Å². The summed E-state index contributed by atoms with van der Waals surface area (Å²) in [7, 11) is 0. The van der Waals surface area contributed by atoms with Gasteiger partial charge in [-0.25, -0.2) is 4.98 Å². The molecule has 92 valence electrons. The van der Waals surface area contributed by atoms with Crippen molar-refractivity contribution in [2.24, 2.45) is 5.73 Å². The van der Waals surface area contributed by atoms with E-state index >= 15 is 0 Å². The number of nitrogens with zero attached hydrogens (tertiary/aromatic N) is 2. The number of hydrogen-bond donors (Lipinski definition) is 2. The number of nitrogens with one attached hydrogen (secondary N) is 1. The van der Waals surface area contributed by atoms with Crippen molar-refractivity contribution in [2.75, 3.05) is 13.1 Å². The zero-order chi connectivity index (χ0) is 12.4. The zero-order valence-electron chi connectivity index (χ0n) is 9.26. The molecular weight excluding hydrogens is 224 g/mol. The SMILES string of the molecule is N[C@@H]1CCCN(C(=O)c2ccc([N+](=O)[O-])[nH]2)C1. The Bertz CT molecular complexity index is 443. The first-order chi connectivity index (χ1) is 8.08. The first kappa shape index (κ1) is 11.6. The second-order valence-corrected chi connectivity index (χ2v) is 4.17. The molecule has 0 bridgehead atoms. The third kappa shape index (κ3) is 2.44. The summed E-state index contributed by atoms with van der Waals surface area (Å²) in [4.78, 5) is 26.1. The van der Waals surface area contributed by atoms with Gasteiger partial charge in [-0.1, -0.05) is 0 Å². The van der Waals surface area contributed by atoms with Gasteiger partial charge in [-0.05, 0) is 23.8 Å². The first-order valence-electron chi connectivity index (χ1n) is 5.46. The summed E-state index contributed by atoms with van der Waals surface area (Å²) in [5.74, 6) is -0.400. The van der Waals surface area contributed by atoms with Crippen LogP contribution in [0.4, 0.5) is 5.82 Å². The molecule has 7 nitrogen and oxygen atoms in total. The van der Waals surface area contributed by atoms with E-state index in [1.165, 1.54) is 12.1 Å². The number of H-pyrrole nitrogens is 1. The fourth-order valence-electron chi connectivity index (χ4n) is 1.98. The summed E-state index contributed by atoms with van der Waals surface area (Å²) in [6.45, 7) is 1.16. The lowest BCUT2D eigenvalue weighted by atomic mass is 10.1. The van der Waals surface area contributed by atoms with E-state index < -0.39 is 4.92 Å². The van der Waals surface area contributed by atoms with Crippen LogP contribution < -0.4 is 5.73 Å². The molecule has 1 saturated heterocycles. The second-order valence-electron chi connectivity index (χ2n) is 4.17. The highest BCUT2D eigenvalue weighted by molar-refractivity contribution is 5.93. The molecular formula is C10H14N4O3. The summed E-state index contributed by atoms with van der Waals surface area (Å²) in [5.41, 5.74) is 6.02. The van der Waals surface area contributed by atoms with Gasteiger partial charge in [0.15, 0.2) is 5.69 Å². The number of rotatable bonds is 2. The molecule has 3 N–H and O–H groups in total. The number of likely N-dealkylation sites (tertiary alicyclic amines) is 1. The predicted octanol–water partition coefficient (Wildman–Crippen LogP) is 0.486. The predicted molar refractivity (Wildman–Crippen MR) is 60.6 cm³/mol. The summed E-state index contributed by atoms with van der Waals surface area (Å²) in [6, 6.07) is 2.72. The van der Waals surface area contributed by atoms with Gasteiger partial charge in [-0.15, -0.1) is 0 Å². The van der Waals surface area contributed by atoms with Crippen LogP contribution in [0.5, 0.6) is 0 Å². The van der Waals surface area contributed by atoms with Crippen LogP contribution in [-0.2, 0) is 0 Å². The van der Waals surface area contributed by atoms with Crippen molar-refractivity contribution in [3.05, 3.63) is 27.9 Å². The summed E-state index contributed by atoms with van der Waals surface area (Å²) in [5, 5.41) is 10.5. The maximum atomic E-state index is 12.0. The van der Waals surface area contributed by atoms with Gasteiger partial charge in [0.25, 0.3) is 5.91 Å². The van der Waals surface area contributed by atoms with Gasteiger partial charge in [-0.2, -0.15) is 0 Å². The van der Waals surface area contributed by atoms with Crippen molar-refractivity contribution in [3.8, 4) is 0 Å². The Morgan fingerprint density at radius 1 is 1.59 bits per heavy atom. The molecule has 1 aromatic heterocycles. The number of aromatic amines is 1. The third-order valence-electron chi connectivity index (χ3n) is 2.84. The molecule has 7 heteroatoms. The highest BCUT2D eigenvalue weighted by atomic mass is 16.6. The number of amides is 1. The van der Waals surface area contributed by atoms with Crippen LogP contribution in [0, 0.1) is 10.1 Å². The Labute approximate surface area is 97.7 Å². The highest BCUT2D eigenvalue weighted by Gasteiger charge is 2.25. The molecule has 1 aliphatic rings. The van der Waals surface area contributed by atoms with Crippen LogP contribution in [0.15, 0.2) is 12.1 Å². The zero-order valence-corrected chi connectivity index (χ0v) is 9.26. The standard InChI is InChI=1S/C10H14N4O3/c11-7-2-1-5-13(6-7)10(15)8-3-4-9(12-8)14(16)17/h3-4,7,12H,1-2,5-6,11H2/t7-/m1/s1. The number of aromatic nitrogens is 1. The lowest BCUT2D eigenvalue weighted by Crippen LogP contribution is -2.45. The van der Waals surface area contributed by atoms with Crippen LogP contribution in [0.25, 0.3) is 0 Å². The quantitative estimate of drug-likeness (QED) is 0.577. The molecule has 1 fully saturated rings. The van der Waals surface area contributed by atoms with Gasteiger partial charge in [0, 0.05) is 25.2 Å². The van der Waals surface area contributed by atoms with E-state index in [0.29, 0.717) is 13.1 Å². The van der Waals surface area contributed by atoms with Crippen molar-refractivity contribution in [1.82, 2.24) is 9.88 Å². The maximum Gasteiger partial charge on any atom is 0.321 e. The monoisotopic (exact) mass is 238 g/mol. The highest BCUT2D eigenvalue weighted by Crippen LogP contribution is 2.15. The van der Waals surface area contributed by atoms with E-state index in [1.807, 2.05) is 0 Å². The molecule has 0 unspecified atom stereocenters. The molecule has 0 aliphatic carbocycles. The Morgan fingerprint density at radius 3 is 2.94 bits per heavy atom. The van der Waals surface area contributed by atoms with Crippen LogP contribution in [-0.4, -0.2) is 39.8 Å². The topological polar surface area (TPSA) is 105 Å². The van der Waals surface area contributed by atoms with Gasteiger partial charge in [-0.3, -0.25) is 4.79 Å². The largest absolute Gasteiger partial charge is 0.358 e. The van der Waals surface area contributed by atoms with Crippen molar-refractivity contribution in [3.63, 3.8) is 0 Å². The van der Waals surface area contributed by atoms with E-state index in [9.17, 15) is 14.9 Å². The molecule has 0 aromatic carbocycles. The van der Waals surface area contributed by atoms with Crippen molar-refractivity contribution in [2.45, 2.75) is 18.9 Å².